The van der Waals surface area contributed by atoms with E-state index < -0.39 is 0 Å². The molecule has 5 nitrogen and oxygen atoms in total. The predicted octanol–water partition coefficient (Wildman–Crippen LogP) is 0.926. The average molecular weight is 348 g/mol. The lowest BCUT2D eigenvalue weighted by Crippen LogP contribution is -2.45. The van der Waals surface area contributed by atoms with Gasteiger partial charge in [0.2, 0.25) is 0 Å². The molecule has 0 aliphatic carbocycles. The Kier molecular flexibility index (Phi) is 9.32. The minimum Gasteiger partial charge on any atom is -0.412 e. The van der Waals surface area contributed by atoms with Crippen molar-refractivity contribution in [2.45, 2.75) is 6.54 Å². The molecule has 0 saturated carbocycles. The molecule has 0 bridgehead atoms. The molecule has 1 fully saturated rings. The first-order valence-electron chi connectivity index (χ1n) is 6.86. The third kappa shape index (κ3) is 4.69. The lowest BCUT2D eigenvalue weighted by Gasteiger charge is -2.27. The van der Waals surface area contributed by atoms with Gasteiger partial charge in [-0.2, -0.15) is 0 Å². The summed E-state index contributed by atoms with van der Waals surface area (Å²) in [5.41, 5.74) is 1.12. The minimum atomic E-state index is 0. The molecule has 2 heterocycles. The second kappa shape index (κ2) is 9.82. The SMILES string of the molecule is Cl.Cl.O.O=c1ccc2ccccc2n1CCN1CCNCC1. The summed E-state index contributed by atoms with van der Waals surface area (Å²) in [5, 5.41) is 4.47. The molecule has 0 radical (unpaired) electrons. The molecule has 2 aromatic rings. The fourth-order valence-electron chi connectivity index (χ4n) is 2.65. The third-order valence-corrected chi connectivity index (χ3v) is 3.75. The van der Waals surface area contributed by atoms with Crippen molar-refractivity contribution in [2.75, 3.05) is 32.7 Å². The summed E-state index contributed by atoms with van der Waals surface area (Å²) < 4.78 is 1.89. The van der Waals surface area contributed by atoms with Crippen molar-refractivity contribution in [1.82, 2.24) is 14.8 Å². The van der Waals surface area contributed by atoms with Gasteiger partial charge in [-0.15, -0.1) is 24.8 Å². The van der Waals surface area contributed by atoms with E-state index in [0.29, 0.717) is 0 Å². The molecule has 7 heteroatoms. The topological polar surface area (TPSA) is 68.8 Å². The number of para-hydroxylation sites is 1. The van der Waals surface area contributed by atoms with E-state index in [2.05, 4.69) is 16.3 Å². The summed E-state index contributed by atoms with van der Waals surface area (Å²) in [6, 6.07) is 11.6. The number of hydrogen-bond donors (Lipinski definition) is 1. The largest absolute Gasteiger partial charge is 0.412 e. The van der Waals surface area contributed by atoms with Crippen molar-refractivity contribution in [3.63, 3.8) is 0 Å². The molecule has 0 unspecified atom stereocenters. The Morgan fingerprint density at radius 3 is 2.36 bits per heavy atom. The van der Waals surface area contributed by atoms with E-state index >= 15 is 0 Å². The van der Waals surface area contributed by atoms with E-state index in [4.69, 9.17) is 0 Å². The van der Waals surface area contributed by atoms with Gasteiger partial charge in [-0.05, 0) is 17.5 Å². The van der Waals surface area contributed by atoms with Gasteiger partial charge >= 0.3 is 0 Å². The quantitative estimate of drug-likeness (QED) is 0.897. The molecule has 1 saturated heterocycles. The summed E-state index contributed by atoms with van der Waals surface area (Å²) in [6.45, 7) is 5.93. The van der Waals surface area contributed by atoms with Gasteiger partial charge in [0.15, 0.2) is 0 Å². The van der Waals surface area contributed by atoms with Crippen LogP contribution in [0.2, 0.25) is 0 Å². The summed E-state index contributed by atoms with van der Waals surface area (Å²) in [6.07, 6.45) is 0. The number of nitrogens with zero attached hydrogens (tertiary/aromatic N) is 2. The first-order chi connectivity index (χ1) is 9.34. The highest BCUT2D eigenvalue weighted by Crippen LogP contribution is 2.10. The van der Waals surface area contributed by atoms with Crippen molar-refractivity contribution in [3.8, 4) is 0 Å². The summed E-state index contributed by atoms with van der Waals surface area (Å²) >= 11 is 0. The molecule has 1 aliphatic rings. The molecule has 1 aromatic carbocycles. The number of benzene rings is 1. The summed E-state index contributed by atoms with van der Waals surface area (Å²) in [4.78, 5) is 14.4. The number of hydrogen-bond acceptors (Lipinski definition) is 3. The van der Waals surface area contributed by atoms with Crippen LogP contribution in [-0.2, 0) is 6.54 Å². The van der Waals surface area contributed by atoms with Gasteiger partial charge in [0.1, 0.15) is 0 Å². The van der Waals surface area contributed by atoms with Crippen LogP contribution in [0.3, 0.4) is 0 Å². The molecule has 22 heavy (non-hydrogen) atoms. The Morgan fingerprint density at radius 1 is 0.955 bits per heavy atom. The van der Waals surface area contributed by atoms with Gasteiger partial charge in [0, 0.05) is 45.3 Å². The molecule has 0 atom stereocenters. The highest BCUT2D eigenvalue weighted by Gasteiger charge is 2.10. The van der Waals surface area contributed by atoms with Gasteiger partial charge in [-0.25, -0.2) is 0 Å². The molecule has 1 aliphatic heterocycles. The maximum Gasteiger partial charge on any atom is 0.251 e. The normalized spacial score (nSPS) is 14.5. The van der Waals surface area contributed by atoms with Crippen molar-refractivity contribution < 1.29 is 5.48 Å². The highest BCUT2D eigenvalue weighted by molar-refractivity contribution is 5.85. The van der Waals surface area contributed by atoms with Crippen molar-refractivity contribution >= 4 is 35.7 Å². The van der Waals surface area contributed by atoms with Crippen LogP contribution < -0.4 is 10.9 Å². The first kappa shape index (κ1) is 20.9. The summed E-state index contributed by atoms with van der Waals surface area (Å²) in [7, 11) is 0. The van der Waals surface area contributed by atoms with Crippen molar-refractivity contribution in [1.29, 1.82) is 0 Å². The molecular weight excluding hydrogens is 325 g/mol. The van der Waals surface area contributed by atoms with Crippen LogP contribution in [0.5, 0.6) is 0 Å². The van der Waals surface area contributed by atoms with E-state index in [1.54, 1.807) is 6.07 Å². The van der Waals surface area contributed by atoms with E-state index in [1.165, 1.54) is 0 Å². The van der Waals surface area contributed by atoms with Gasteiger partial charge in [-0.1, -0.05) is 18.2 Å². The number of halogens is 2. The van der Waals surface area contributed by atoms with E-state index in [1.807, 2.05) is 28.8 Å². The van der Waals surface area contributed by atoms with Crippen LogP contribution in [0.25, 0.3) is 10.9 Å². The second-order valence-corrected chi connectivity index (χ2v) is 4.97. The molecule has 124 valence electrons. The van der Waals surface area contributed by atoms with Crippen LogP contribution in [0, 0.1) is 0 Å². The Hall–Kier alpha value is -1.11. The zero-order valence-electron chi connectivity index (χ0n) is 12.3. The minimum absolute atomic E-state index is 0. The standard InChI is InChI=1S/C15H19N3O.2ClH.H2O/c19-15-6-5-13-3-1-2-4-14(13)18(15)12-11-17-9-7-16-8-10-17;;;/h1-6,16H,7-12H2;2*1H;1H2. The monoisotopic (exact) mass is 347 g/mol. The van der Waals surface area contributed by atoms with E-state index in [0.717, 1.165) is 50.2 Å². The smallest absolute Gasteiger partial charge is 0.251 e. The number of nitrogens with one attached hydrogen (secondary N) is 1. The molecule has 0 amide bonds. The lowest BCUT2D eigenvalue weighted by molar-refractivity contribution is 0.232. The lowest BCUT2D eigenvalue weighted by atomic mass is 10.2. The van der Waals surface area contributed by atoms with Gasteiger partial charge in [0.25, 0.3) is 5.56 Å². The van der Waals surface area contributed by atoms with Crippen LogP contribution in [-0.4, -0.2) is 47.7 Å². The Bertz CT molecular complexity index is 627. The summed E-state index contributed by atoms with van der Waals surface area (Å²) in [5.74, 6) is 0. The molecule has 0 spiro atoms. The fourth-order valence-corrected chi connectivity index (χ4v) is 2.65. The third-order valence-electron chi connectivity index (χ3n) is 3.75. The average Bonchev–Trinajstić information content (AvgIpc) is 2.47. The maximum absolute atomic E-state index is 12.0. The molecule has 1 aromatic heterocycles. The van der Waals surface area contributed by atoms with Crippen LogP contribution in [0.15, 0.2) is 41.2 Å². The number of piperazine rings is 1. The second-order valence-electron chi connectivity index (χ2n) is 4.97. The van der Waals surface area contributed by atoms with Crippen LogP contribution in [0.4, 0.5) is 0 Å². The molecular formula is C15H23Cl2N3O2. The van der Waals surface area contributed by atoms with E-state index in [-0.39, 0.29) is 35.8 Å². The molecule has 3 rings (SSSR count). The number of fused-ring (bicyclic) bond motifs is 1. The van der Waals surface area contributed by atoms with Gasteiger partial charge in [-0.3, -0.25) is 9.69 Å². The maximum atomic E-state index is 12.0. The van der Waals surface area contributed by atoms with Crippen LogP contribution in [0.1, 0.15) is 0 Å². The Balaban J connectivity index is 0.00000147. The zero-order chi connectivity index (χ0) is 13.1. The number of aromatic nitrogens is 1. The van der Waals surface area contributed by atoms with Gasteiger partial charge in [0.05, 0.1) is 5.52 Å². The first-order valence-corrected chi connectivity index (χ1v) is 6.86. The van der Waals surface area contributed by atoms with Gasteiger partial charge < -0.3 is 15.4 Å². The van der Waals surface area contributed by atoms with Crippen molar-refractivity contribution in [2.24, 2.45) is 0 Å². The van der Waals surface area contributed by atoms with Crippen molar-refractivity contribution in [3.05, 3.63) is 46.8 Å². The zero-order valence-corrected chi connectivity index (χ0v) is 14.0. The predicted molar refractivity (Wildman–Crippen MR) is 95.6 cm³/mol. The number of pyridine rings is 1. The van der Waals surface area contributed by atoms with E-state index in [9.17, 15) is 4.79 Å². The highest BCUT2D eigenvalue weighted by atomic mass is 35.5. The molecule has 3 N–H and O–H groups in total. The Labute approximate surface area is 142 Å². The van der Waals surface area contributed by atoms with Crippen LogP contribution >= 0.6 is 24.8 Å². The number of rotatable bonds is 3. The fraction of sp³-hybridized carbons (Fsp3) is 0.400. The Morgan fingerprint density at radius 2 is 1.64 bits per heavy atom.